The van der Waals surface area contributed by atoms with Crippen molar-refractivity contribution in [1.82, 2.24) is 4.72 Å². The molecule has 0 radical (unpaired) electrons. The van der Waals surface area contributed by atoms with E-state index in [-0.39, 0.29) is 0 Å². The second kappa shape index (κ2) is 9.62. The Labute approximate surface area is 135 Å². The lowest BCUT2D eigenvalue weighted by molar-refractivity contribution is 0.584. The molecule has 0 amide bonds. The minimum atomic E-state index is -3.44. The third kappa shape index (κ3) is 7.08. The number of aryl methyl sites for hydroxylation is 1. The average molecular weight is 321 g/mol. The standard InChI is InChI=1S/C18H27NO2S/c1-4-5-6-7-8-9-10-17(3)15-19-22(20,21)18-13-11-16(2)12-14-18/h9,11-14,19H,4-8,15H2,1-3H3. The third-order valence-electron chi connectivity index (χ3n) is 3.41. The molecule has 0 aromatic heterocycles. The van der Waals surface area contributed by atoms with Crippen LogP contribution in [0.5, 0.6) is 0 Å². The molecule has 0 saturated heterocycles. The molecule has 1 aromatic carbocycles. The maximum atomic E-state index is 12.1. The third-order valence-corrected chi connectivity index (χ3v) is 4.83. The molecule has 0 heterocycles. The van der Waals surface area contributed by atoms with Crippen molar-refractivity contribution in [2.45, 2.75) is 57.8 Å². The van der Waals surface area contributed by atoms with Gasteiger partial charge in [-0.3, -0.25) is 0 Å². The molecule has 0 aliphatic heterocycles. The Bertz CT molecular complexity index is 609. The van der Waals surface area contributed by atoms with Crippen molar-refractivity contribution in [3.8, 4) is 0 Å². The zero-order chi connectivity index (χ0) is 16.4. The van der Waals surface area contributed by atoms with Gasteiger partial charge in [0.1, 0.15) is 0 Å². The highest BCUT2D eigenvalue weighted by molar-refractivity contribution is 7.89. The highest BCUT2D eigenvalue weighted by Crippen LogP contribution is 2.10. The molecule has 1 rings (SSSR count). The first-order valence-corrected chi connectivity index (χ1v) is 9.41. The fourth-order valence-electron chi connectivity index (χ4n) is 1.97. The molecule has 122 valence electrons. The molecule has 1 aromatic rings. The summed E-state index contributed by atoms with van der Waals surface area (Å²) in [5, 5.41) is 0. The Morgan fingerprint density at radius 2 is 1.86 bits per heavy atom. The lowest BCUT2D eigenvalue weighted by Crippen LogP contribution is -2.25. The van der Waals surface area contributed by atoms with Crippen LogP contribution in [0.2, 0.25) is 0 Å². The molecule has 0 atom stereocenters. The lowest BCUT2D eigenvalue weighted by Gasteiger charge is -2.06. The zero-order valence-electron chi connectivity index (χ0n) is 13.9. The molecule has 1 N–H and O–H groups in total. The van der Waals surface area contributed by atoms with E-state index >= 15 is 0 Å². The van der Waals surface area contributed by atoms with E-state index in [0.717, 1.165) is 17.6 Å². The Balaban J connectivity index is 2.50. The summed E-state index contributed by atoms with van der Waals surface area (Å²) in [6, 6.07) is 6.85. The van der Waals surface area contributed by atoms with Gasteiger partial charge in [-0.15, -0.1) is 5.73 Å². The van der Waals surface area contributed by atoms with Crippen LogP contribution >= 0.6 is 0 Å². The maximum absolute atomic E-state index is 12.1. The van der Waals surface area contributed by atoms with Crippen molar-refractivity contribution >= 4 is 10.0 Å². The van der Waals surface area contributed by atoms with E-state index in [4.69, 9.17) is 0 Å². The van der Waals surface area contributed by atoms with Gasteiger partial charge in [-0.2, -0.15) is 0 Å². The van der Waals surface area contributed by atoms with Gasteiger partial charge in [0.05, 0.1) is 4.90 Å². The summed E-state index contributed by atoms with van der Waals surface area (Å²) in [7, 11) is -3.44. The molecule has 0 spiro atoms. The molecule has 0 fully saturated rings. The molecule has 4 heteroatoms. The topological polar surface area (TPSA) is 46.2 Å². The van der Waals surface area contributed by atoms with E-state index in [2.05, 4.69) is 17.4 Å². The molecule has 22 heavy (non-hydrogen) atoms. The van der Waals surface area contributed by atoms with Gasteiger partial charge < -0.3 is 0 Å². The molecule has 0 unspecified atom stereocenters. The van der Waals surface area contributed by atoms with E-state index in [1.54, 1.807) is 24.3 Å². The monoisotopic (exact) mass is 321 g/mol. The number of rotatable bonds is 9. The zero-order valence-corrected chi connectivity index (χ0v) is 14.7. The van der Waals surface area contributed by atoms with E-state index in [1.165, 1.54) is 25.7 Å². The van der Waals surface area contributed by atoms with E-state index in [1.807, 2.05) is 19.9 Å². The summed E-state index contributed by atoms with van der Waals surface area (Å²) < 4.78 is 26.9. The Kier molecular flexibility index (Phi) is 8.18. The van der Waals surface area contributed by atoms with Crippen LogP contribution in [-0.2, 0) is 10.0 Å². The number of hydrogen-bond donors (Lipinski definition) is 1. The molecule has 0 saturated carbocycles. The average Bonchev–Trinajstić information content (AvgIpc) is 2.49. The Morgan fingerprint density at radius 1 is 1.18 bits per heavy atom. The van der Waals surface area contributed by atoms with E-state index < -0.39 is 10.0 Å². The van der Waals surface area contributed by atoms with Gasteiger partial charge in [0.25, 0.3) is 0 Å². The van der Waals surface area contributed by atoms with Crippen LogP contribution in [-0.4, -0.2) is 15.0 Å². The van der Waals surface area contributed by atoms with Gasteiger partial charge in [-0.05, 0) is 50.5 Å². The fraction of sp³-hybridized carbons (Fsp3) is 0.500. The summed E-state index contributed by atoms with van der Waals surface area (Å²) in [5.41, 5.74) is 5.09. The van der Waals surface area contributed by atoms with Crippen molar-refractivity contribution in [1.29, 1.82) is 0 Å². The minimum absolute atomic E-state index is 0.293. The van der Waals surface area contributed by atoms with E-state index in [0.29, 0.717) is 11.4 Å². The quantitative estimate of drug-likeness (QED) is 0.543. The molecule has 3 nitrogen and oxygen atoms in total. The van der Waals surface area contributed by atoms with Crippen molar-refractivity contribution in [3.63, 3.8) is 0 Å². The number of sulfonamides is 1. The Hall–Kier alpha value is -1.35. The first kappa shape index (κ1) is 18.7. The van der Waals surface area contributed by atoms with E-state index in [9.17, 15) is 8.42 Å². The first-order valence-electron chi connectivity index (χ1n) is 7.92. The van der Waals surface area contributed by atoms with Crippen molar-refractivity contribution in [2.75, 3.05) is 6.54 Å². The number of unbranched alkanes of at least 4 members (excludes halogenated alkanes) is 4. The van der Waals surface area contributed by atoms with Crippen molar-refractivity contribution < 1.29 is 8.42 Å². The predicted octanol–water partition coefficient (Wildman–Crippen LogP) is 4.35. The van der Waals surface area contributed by atoms with Gasteiger partial charge in [0.2, 0.25) is 10.0 Å². The second-order valence-corrected chi connectivity index (χ2v) is 7.38. The molecule has 0 aliphatic rings. The number of hydrogen-bond acceptors (Lipinski definition) is 2. The highest BCUT2D eigenvalue weighted by Gasteiger charge is 2.12. The van der Waals surface area contributed by atoms with Gasteiger partial charge in [0.15, 0.2) is 0 Å². The van der Waals surface area contributed by atoms with Crippen LogP contribution in [0.3, 0.4) is 0 Å². The molecule has 0 bridgehead atoms. The van der Waals surface area contributed by atoms with Gasteiger partial charge in [0, 0.05) is 6.54 Å². The summed E-state index contributed by atoms with van der Waals surface area (Å²) in [6.07, 6.45) is 7.93. The number of benzene rings is 1. The normalized spacial score (nSPS) is 11.0. The first-order chi connectivity index (χ1) is 10.5. The summed E-state index contributed by atoms with van der Waals surface area (Å²) in [6.45, 7) is 6.31. The SMILES string of the molecule is CCCCCCC=C=C(C)CNS(=O)(=O)c1ccc(C)cc1. The fourth-order valence-corrected chi connectivity index (χ4v) is 3.04. The van der Waals surface area contributed by atoms with Crippen LogP contribution in [0, 0.1) is 6.92 Å². The lowest BCUT2D eigenvalue weighted by atomic mass is 10.1. The predicted molar refractivity (Wildman–Crippen MR) is 92.4 cm³/mol. The molecular formula is C18H27NO2S. The molecular weight excluding hydrogens is 294 g/mol. The van der Waals surface area contributed by atoms with Gasteiger partial charge in [-0.25, -0.2) is 13.1 Å². The van der Waals surface area contributed by atoms with Crippen LogP contribution in [0.15, 0.2) is 46.5 Å². The summed E-state index contributed by atoms with van der Waals surface area (Å²) in [5.74, 6) is 0. The van der Waals surface area contributed by atoms with Gasteiger partial charge in [-0.1, -0.05) is 43.9 Å². The minimum Gasteiger partial charge on any atom is -0.207 e. The van der Waals surface area contributed by atoms with Crippen LogP contribution < -0.4 is 4.72 Å². The van der Waals surface area contributed by atoms with Crippen molar-refractivity contribution in [2.24, 2.45) is 0 Å². The summed E-state index contributed by atoms with van der Waals surface area (Å²) in [4.78, 5) is 0.300. The smallest absolute Gasteiger partial charge is 0.207 e. The van der Waals surface area contributed by atoms with Crippen LogP contribution in [0.1, 0.15) is 51.5 Å². The molecule has 0 aliphatic carbocycles. The second-order valence-electron chi connectivity index (χ2n) is 5.62. The maximum Gasteiger partial charge on any atom is 0.240 e. The largest absolute Gasteiger partial charge is 0.240 e. The van der Waals surface area contributed by atoms with Crippen LogP contribution in [0.25, 0.3) is 0 Å². The summed E-state index contributed by atoms with van der Waals surface area (Å²) >= 11 is 0. The van der Waals surface area contributed by atoms with Gasteiger partial charge >= 0.3 is 0 Å². The number of nitrogens with one attached hydrogen (secondary N) is 1. The van der Waals surface area contributed by atoms with Crippen LogP contribution in [0.4, 0.5) is 0 Å². The van der Waals surface area contributed by atoms with Crippen molar-refractivity contribution in [3.05, 3.63) is 47.2 Å². The Morgan fingerprint density at radius 3 is 2.50 bits per heavy atom. The highest BCUT2D eigenvalue weighted by atomic mass is 32.2.